The molecule has 1 saturated heterocycles. The van der Waals surface area contributed by atoms with Gasteiger partial charge in [-0.2, -0.15) is 5.26 Å². The molecule has 9 nitrogen and oxygen atoms in total. The lowest BCUT2D eigenvalue weighted by Crippen LogP contribution is -2.50. The number of benzene rings is 2. The minimum Gasteiger partial charge on any atom is -0.492 e. The number of amides is 1. The van der Waals surface area contributed by atoms with E-state index in [4.69, 9.17) is 9.47 Å². The average molecular weight is 579 g/mol. The number of anilines is 2. The zero-order valence-corrected chi connectivity index (χ0v) is 25.2. The Labute approximate surface area is 252 Å². The van der Waals surface area contributed by atoms with Gasteiger partial charge >= 0.3 is 6.09 Å². The maximum Gasteiger partial charge on any atom is 0.410 e. The Balaban J connectivity index is 1.23. The molecule has 2 N–H and O–H groups in total. The summed E-state index contributed by atoms with van der Waals surface area (Å²) in [7, 11) is 0. The largest absolute Gasteiger partial charge is 0.492 e. The SMILES string of the molecule is Cc1c(Nc2c(C#N)cncc2C=Cc2ccccc2OCCN2CCN(C(=O)OC(C)(C)C)CC2)ccc2[nH]ccc12. The fourth-order valence-corrected chi connectivity index (χ4v) is 5.08. The third-order valence-corrected chi connectivity index (χ3v) is 7.41. The number of nitrogens with zero attached hydrogens (tertiary/aromatic N) is 4. The summed E-state index contributed by atoms with van der Waals surface area (Å²) in [5, 5.41) is 14.5. The molecule has 4 aromatic rings. The molecule has 0 aliphatic carbocycles. The Bertz CT molecular complexity index is 1650. The van der Waals surface area contributed by atoms with Crippen molar-refractivity contribution < 1.29 is 14.3 Å². The molecule has 0 saturated carbocycles. The van der Waals surface area contributed by atoms with Crippen molar-refractivity contribution in [3.05, 3.63) is 83.3 Å². The van der Waals surface area contributed by atoms with Gasteiger partial charge in [-0.25, -0.2) is 4.79 Å². The molecule has 1 aliphatic rings. The number of nitriles is 1. The Morgan fingerprint density at radius 2 is 1.84 bits per heavy atom. The Morgan fingerprint density at radius 1 is 1.07 bits per heavy atom. The maximum absolute atomic E-state index is 12.4. The van der Waals surface area contributed by atoms with Crippen molar-refractivity contribution in [2.45, 2.75) is 33.3 Å². The van der Waals surface area contributed by atoms with Crippen molar-refractivity contribution in [2.24, 2.45) is 0 Å². The molecule has 5 rings (SSSR count). The first-order valence-corrected chi connectivity index (χ1v) is 14.5. The van der Waals surface area contributed by atoms with Crippen LogP contribution in [-0.4, -0.2) is 70.8 Å². The number of carbonyl (C=O) groups excluding carboxylic acids is 1. The lowest BCUT2D eigenvalue weighted by Gasteiger charge is -2.35. The molecule has 0 unspecified atom stereocenters. The summed E-state index contributed by atoms with van der Waals surface area (Å²) in [5.41, 5.74) is 5.49. The predicted molar refractivity (Wildman–Crippen MR) is 170 cm³/mol. The molecule has 0 radical (unpaired) electrons. The number of aromatic amines is 1. The standard InChI is InChI=1S/C34H38N6O3/c1-24-28-13-14-37-30(28)12-11-29(24)38-32-26(22-36-23-27(32)21-35)10-9-25-7-5-6-8-31(25)42-20-19-39-15-17-40(18-16-39)33(41)43-34(2,3)4/h5-14,22-23,37H,15-20H2,1-4H3,(H,36,38). The zero-order chi connectivity index (χ0) is 30.4. The Kier molecular flexibility index (Phi) is 8.98. The normalized spacial score (nSPS) is 14.2. The van der Waals surface area contributed by atoms with Gasteiger partial charge in [-0.05, 0) is 57.5 Å². The molecular weight excluding hydrogens is 540 g/mol. The summed E-state index contributed by atoms with van der Waals surface area (Å²) >= 11 is 0. The van der Waals surface area contributed by atoms with Crippen LogP contribution in [0.3, 0.4) is 0 Å². The van der Waals surface area contributed by atoms with Gasteiger partial charge < -0.3 is 24.7 Å². The summed E-state index contributed by atoms with van der Waals surface area (Å²) in [6, 6.07) is 16.3. The Hall–Kier alpha value is -4.81. The first-order valence-electron chi connectivity index (χ1n) is 14.5. The van der Waals surface area contributed by atoms with Crippen LogP contribution < -0.4 is 10.1 Å². The number of carbonyl (C=O) groups is 1. The van der Waals surface area contributed by atoms with Crippen LogP contribution in [0.4, 0.5) is 16.2 Å². The molecule has 1 fully saturated rings. The second-order valence-corrected chi connectivity index (χ2v) is 11.6. The first kappa shape index (κ1) is 29.7. The molecule has 2 aromatic carbocycles. The third-order valence-electron chi connectivity index (χ3n) is 7.41. The number of pyridine rings is 1. The van der Waals surface area contributed by atoms with E-state index in [-0.39, 0.29) is 6.09 Å². The molecule has 222 valence electrons. The number of para-hydroxylation sites is 1. The predicted octanol–water partition coefficient (Wildman–Crippen LogP) is 6.59. The van der Waals surface area contributed by atoms with E-state index in [1.807, 2.05) is 75.5 Å². The number of aryl methyl sites for hydroxylation is 1. The summed E-state index contributed by atoms with van der Waals surface area (Å²) in [6.45, 7) is 11.8. The number of fused-ring (bicyclic) bond motifs is 1. The highest BCUT2D eigenvalue weighted by Gasteiger charge is 2.25. The topological polar surface area (TPSA) is 107 Å². The highest BCUT2D eigenvalue weighted by Crippen LogP contribution is 2.31. The van der Waals surface area contributed by atoms with E-state index >= 15 is 0 Å². The summed E-state index contributed by atoms with van der Waals surface area (Å²) in [6.07, 6.45) is 8.95. The van der Waals surface area contributed by atoms with Gasteiger partial charge in [-0.15, -0.1) is 0 Å². The van der Waals surface area contributed by atoms with Crippen molar-refractivity contribution in [2.75, 3.05) is 44.6 Å². The second kappa shape index (κ2) is 13.0. The van der Waals surface area contributed by atoms with E-state index in [2.05, 4.69) is 39.2 Å². The van der Waals surface area contributed by atoms with Crippen LogP contribution in [0.2, 0.25) is 0 Å². The van der Waals surface area contributed by atoms with Crippen molar-refractivity contribution >= 4 is 40.5 Å². The van der Waals surface area contributed by atoms with Crippen LogP contribution in [0, 0.1) is 18.3 Å². The van der Waals surface area contributed by atoms with E-state index in [9.17, 15) is 10.1 Å². The molecule has 0 atom stereocenters. The van der Waals surface area contributed by atoms with Crippen LogP contribution in [0.15, 0.2) is 61.1 Å². The average Bonchev–Trinajstić information content (AvgIpc) is 3.48. The van der Waals surface area contributed by atoms with E-state index in [0.29, 0.717) is 30.9 Å². The van der Waals surface area contributed by atoms with Gasteiger partial charge in [0.1, 0.15) is 24.0 Å². The smallest absolute Gasteiger partial charge is 0.410 e. The van der Waals surface area contributed by atoms with Crippen LogP contribution in [0.25, 0.3) is 23.1 Å². The molecule has 3 heterocycles. The van der Waals surface area contributed by atoms with Crippen LogP contribution in [0.5, 0.6) is 5.75 Å². The fourth-order valence-electron chi connectivity index (χ4n) is 5.08. The number of aromatic nitrogens is 2. The lowest BCUT2D eigenvalue weighted by atomic mass is 10.1. The Morgan fingerprint density at radius 3 is 2.60 bits per heavy atom. The molecular formula is C34H38N6O3. The number of nitrogens with one attached hydrogen (secondary N) is 2. The summed E-state index contributed by atoms with van der Waals surface area (Å²) in [4.78, 5) is 24.0. The molecule has 43 heavy (non-hydrogen) atoms. The quantitative estimate of drug-likeness (QED) is 0.243. The van der Waals surface area contributed by atoms with Crippen LogP contribution >= 0.6 is 0 Å². The highest BCUT2D eigenvalue weighted by molar-refractivity contribution is 5.90. The van der Waals surface area contributed by atoms with Crippen molar-refractivity contribution in [3.8, 4) is 11.8 Å². The van der Waals surface area contributed by atoms with Gasteiger partial charge in [-0.1, -0.05) is 30.4 Å². The zero-order valence-electron chi connectivity index (χ0n) is 25.2. The van der Waals surface area contributed by atoms with Crippen molar-refractivity contribution in [3.63, 3.8) is 0 Å². The van der Waals surface area contributed by atoms with Crippen LogP contribution in [-0.2, 0) is 4.74 Å². The lowest BCUT2D eigenvalue weighted by molar-refractivity contribution is 0.0137. The number of hydrogen-bond donors (Lipinski definition) is 2. The van der Waals surface area contributed by atoms with Gasteiger partial charge in [0.05, 0.1) is 11.3 Å². The number of H-pyrrole nitrogens is 1. The maximum atomic E-state index is 12.4. The number of hydrogen-bond acceptors (Lipinski definition) is 7. The van der Waals surface area contributed by atoms with Gasteiger partial charge in [0.15, 0.2) is 0 Å². The fraction of sp³-hybridized carbons (Fsp3) is 0.324. The van der Waals surface area contributed by atoms with E-state index in [1.165, 1.54) is 0 Å². The first-order chi connectivity index (χ1) is 20.7. The molecule has 9 heteroatoms. The second-order valence-electron chi connectivity index (χ2n) is 11.6. The molecule has 1 aliphatic heterocycles. The van der Waals surface area contributed by atoms with E-state index < -0.39 is 5.60 Å². The number of piperazine rings is 1. The van der Waals surface area contributed by atoms with E-state index in [0.717, 1.165) is 58.7 Å². The third kappa shape index (κ3) is 7.34. The van der Waals surface area contributed by atoms with Gasteiger partial charge in [0.2, 0.25) is 0 Å². The van der Waals surface area contributed by atoms with Crippen molar-refractivity contribution in [1.82, 2.24) is 19.8 Å². The van der Waals surface area contributed by atoms with Crippen LogP contribution in [0.1, 0.15) is 43.0 Å². The van der Waals surface area contributed by atoms with Crippen molar-refractivity contribution in [1.29, 1.82) is 5.26 Å². The van der Waals surface area contributed by atoms with E-state index in [1.54, 1.807) is 17.3 Å². The summed E-state index contributed by atoms with van der Waals surface area (Å²) < 4.78 is 11.7. The number of ether oxygens (including phenoxy) is 2. The van der Waals surface area contributed by atoms with Gasteiger partial charge in [0.25, 0.3) is 0 Å². The summed E-state index contributed by atoms with van der Waals surface area (Å²) in [5.74, 6) is 0.777. The molecule has 0 bridgehead atoms. The van der Waals surface area contributed by atoms with Gasteiger partial charge in [0, 0.05) is 79.0 Å². The minimum atomic E-state index is -0.492. The number of rotatable bonds is 8. The highest BCUT2D eigenvalue weighted by atomic mass is 16.6. The van der Waals surface area contributed by atoms with Gasteiger partial charge in [-0.3, -0.25) is 9.88 Å². The molecule has 1 amide bonds. The molecule has 2 aromatic heterocycles. The molecule has 0 spiro atoms. The monoisotopic (exact) mass is 578 g/mol. The minimum absolute atomic E-state index is 0.255.